The van der Waals surface area contributed by atoms with E-state index in [2.05, 4.69) is 18.7 Å². The number of nitrogens with zero attached hydrogens (tertiary/aromatic N) is 1. The topological polar surface area (TPSA) is 40.5 Å². The molecule has 2 aliphatic rings. The number of carboxylic acids is 1. The van der Waals surface area contributed by atoms with E-state index >= 15 is 0 Å². The zero-order valence-corrected chi connectivity index (χ0v) is 11.1. The quantitative estimate of drug-likeness (QED) is 0.823. The van der Waals surface area contributed by atoms with Crippen LogP contribution in [0.1, 0.15) is 58.8 Å². The number of hydrogen-bond donors (Lipinski definition) is 1. The minimum Gasteiger partial charge on any atom is -0.480 e. The summed E-state index contributed by atoms with van der Waals surface area (Å²) in [6, 6.07) is 0.492. The molecule has 1 saturated heterocycles. The molecule has 2 rings (SSSR count). The normalized spacial score (nSPS) is 39.4. The van der Waals surface area contributed by atoms with Crippen LogP contribution in [0.2, 0.25) is 0 Å². The Balaban J connectivity index is 2.29. The van der Waals surface area contributed by atoms with Gasteiger partial charge in [0.25, 0.3) is 0 Å². The summed E-state index contributed by atoms with van der Waals surface area (Å²) in [6.45, 7) is 5.31. The van der Waals surface area contributed by atoms with Crippen LogP contribution in [-0.2, 0) is 4.79 Å². The lowest BCUT2D eigenvalue weighted by Gasteiger charge is -2.48. The lowest BCUT2D eigenvalue weighted by molar-refractivity contribution is -0.159. The van der Waals surface area contributed by atoms with Gasteiger partial charge < -0.3 is 5.11 Å². The maximum absolute atomic E-state index is 11.9. The van der Waals surface area contributed by atoms with Crippen molar-refractivity contribution in [3.05, 3.63) is 0 Å². The third kappa shape index (κ3) is 1.99. The van der Waals surface area contributed by atoms with E-state index in [9.17, 15) is 9.90 Å². The van der Waals surface area contributed by atoms with Crippen molar-refractivity contribution in [3.8, 4) is 0 Å². The van der Waals surface area contributed by atoms with E-state index in [1.165, 1.54) is 19.3 Å². The van der Waals surface area contributed by atoms with Crippen LogP contribution in [-0.4, -0.2) is 34.1 Å². The van der Waals surface area contributed by atoms with Crippen LogP contribution in [0.3, 0.4) is 0 Å². The van der Waals surface area contributed by atoms with Gasteiger partial charge in [0.15, 0.2) is 0 Å². The monoisotopic (exact) mass is 239 g/mol. The van der Waals surface area contributed by atoms with Crippen LogP contribution in [0, 0.1) is 5.92 Å². The van der Waals surface area contributed by atoms with Gasteiger partial charge in [-0.1, -0.05) is 26.7 Å². The Kier molecular flexibility index (Phi) is 3.76. The van der Waals surface area contributed by atoms with Crippen LogP contribution in [0.4, 0.5) is 0 Å². The van der Waals surface area contributed by atoms with Crippen molar-refractivity contribution in [2.75, 3.05) is 6.54 Å². The molecule has 0 bridgehead atoms. The van der Waals surface area contributed by atoms with Gasteiger partial charge in [0, 0.05) is 6.04 Å². The molecule has 1 N–H and O–H groups in total. The zero-order chi connectivity index (χ0) is 12.5. The number of carboxylic acid groups (broad SMARTS) is 1. The molecule has 2 fully saturated rings. The molecule has 1 aliphatic heterocycles. The highest BCUT2D eigenvalue weighted by Gasteiger charge is 2.52. The Bertz CT molecular complexity index is 292. The summed E-state index contributed by atoms with van der Waals surface area (Å²) in [5.41, 5.74) is -0.560. The van der Waals surface area contributed by atoms with Gasteiger partial charge in [-0.3, -0.25) is 9.69 Å². The van der Waals surface area contributed by atoms with Crippen LogP contribution in [0.15, 0.2) is 0 Å². The highest BCUT2D eigenvalue weighted by Crippen LogP contribution is 2.42. The second-order valence-corrected chi connectivity index (χ2v) is 5.77. The molecule has 17 heavy (non-hydrogen) atoms. The van der Waals surface area contributed by atoms with Crippen LogP contribution >= 0.6 is 0 Å². The largest absolute Gasteiger partial charge is 0.480 e. The van der Waals surface area contributed by atoms with Gasteiger partial charge in [-0.15, -0.1) is 0 Å². The summed E-state index contributed by atoms with van der Waals surface area (Å²) in [5, 5.41) is 9.79. The maximum Gasteiger partial charge on any atom is 0.324 e. The van der Waals surface area contributed by atoms with E-state index in [1.54, 1.807) is 0 Å². The van der Waals surface area contributed by atoms with Crippen molar-refractivity contribution in [3.63, 3.8) is 0 Å². The SMILES string of the molecule is CCC1CCCN1C1(C(=O)O)CCCCC1C. The smallest absolute Gasteiger partial charge is 0.324 e. The number of rotatable bonds is 3. The molecule has 3 nitrogen and oxygen atoms in total. The average molecular weight is 239 g/mol. The lowest BCUT2D eigenvalue weighted by atomic mass is 9.72. The zero-order valence-electron chi connectivity index (χ0n) is 11.1. The lowest BCUT2D eigenvalue weighted by Crippen LogP contribution is -2.61. The fourth-order valence-electron chi connectivity index (χ4n) is 3.98. The number of aliphatic carboxylic acids is 1. The van der Waals surface area contributed by atoms with Crippen LogP contribution in [0.5, 0.6) is 0 Å². The summed E-state index contributed by atoms with van der Waals surface area (Å²) in [4.78, 5) is 14.2. The second-order valence-electron chi connectivity index (χ2n) is 5.77. The first-order chi connectivity index (χ1) is 8.13. The van der Waals surface area contributed by atoms with Crippen molar-refractivity contribution in [1.29, 1.82) is 0 Å². The fraction of sp³-hybridized carbons (Fsp3) is 0.929. The van der Waals surface area contributed by atoms with Gasteiger partial charge in [0.2, 0.25) is 0 Å². The second kappa shape index (κ2) is 4.97. The van der Waals surface area contributed by atoms with Gasteiger partial charge in [0.1, 0.15) is 5.54 Å². The van der Waals surface area contributed by atoms with E-state index in [-0.39, 0.29) is 0 Å². The average Bonchev–Trinajstić information content (AvgIpc) is 2.78. The third-order valence-corrected chi connectivity index (χ3v) is 4.99. The molecule has 1 heterocycles. The van der Waals surface area contributed by atoms with Crippen molar-refractivity contribution in [2.45, 2.75) is 70.4 Å². The molecule has 98 valence electrons. The summed E-state index contributed by atoms with van der Waals surface area (Å²) in [6.07, 6.45) is 7.61. The highest BCUT2D eigenvalue weighted by atomic mass is 16.4. The molecule has 3 unspecified atom stereocenters. The first kappa shape index (κ1) is 12.9. The maximum atomic E-state index is 11.9. The highest BCUT2D eigenvalue weighted by molar-refractivity contribution is 5.79. The summed E-state index contributed by atoms with van der Waals surface area (Å²) < 4.78 is 0. The predicted molar refractivity (Wildman–Crippen MR) is 68.0 cm³/mol. The molecule has 3 atom stereocenters. The Hall–Kier alpha value is -0.570. The van der Waals surface area contributed by atoms with Crippen LogP contribution in [0.25, 0.3) is 0 Å². The minimum atomic E-state index is -0.579. The molecule has 0 aromatic carbocycles. The van der Waals surface area contributed by atoms with E-state index in [0.717, 1.165) is 32.2 Å². The Morgan fingerprint density at radius 3 is 2.71 bits per heavy atom. The number of likely N-dealkylation sites (tertiary alicyclic amines) is 1. The first-order valence-electron chi connectivity index (χ1n) is 7.13. The Morgan fingerprint density at radius 1 is 1.35 bits per heavy atom. The minimum absolute atomic E-state index is 0.292. The summed E-state index contributed by atoms with van der Waals surface area (Å²) >= 11 is 0. The van der Waals surface area contributed by atoms with Crippen molar-refractivity contribution in [2.24, 2.45) is 5.92 Å². The third-order valence-electron chi connectivity index (χ3n) is 4.99. The molecule has 1 saturated carbocycles. The molecule has 0 aromatic heterocycles. The van der Waals surface area contributed by atoms with Crippen molar-refractivity contribution >= 4 is 5.97 Å². The molecular formula is C14H25NO2. The molecule has 0 spiro atoms. The van der Waals surface area contributed by atoms with E-state index in [4.69, 9.17) is 0 Å². The standard InChI is InChI=1S/C14H25NO2/c1-3-12-8-6-10-15(12)14(13(16)17)9-5-4-7-11(14)2/h11-12H,3-10H2,1-2H3,(H,16,17). The summed E-state index contributed by atoms with van der Waals surface area (Å²) in [5.74, 6) is -0.286. The van der Waals surface area contributed by atoms with Crippen LogP contribution < -0.4 is 0 Å². The predicted octanol–water partition coefficient (Wildman–Crippen LogP) is 2.89. The molecule has 0 amide bonds. The molecule has 0 radical (unpaired) electrons. The van der Waals surface area contributed by atoms with Gasteiger partial charge >= 0.3 is 5.97 Å². The molecule has 3 heteroatoms. The van der Waals surface area contributed by atoms with Crippen molar-refractivity contribution < 1.29 is 9.90 Å². The summed E-state index contributed by atoms with van der Waals surface area (Å²) in [7, 11) is 0. The molecule has 1 aliphatic carbocycles. The number of hydrogen-bond acceptors (Lipinski definition) is 2. The number of carbonyl (C=O) groups is 1. The fourth-order valence-corrected chi connectivity index (χ4v) is 3.98. The van der Waals surface area contributed by atoms with Gasteiger partial charge in [-0.25, -0.2) is 0 Å². The van der Waals surface area contributed by atoms with E-state index in [1.807, 2.05) is 0 Å². The Morgan fingerprint density at radius 2 is 2.12 bits per heavy atom. The first-order valence-corrected chi connectivity index (χ1v) is 7.13. The van der Waals surface area contributed by atoms with Crippen molar-refractivity contribution in [1.82, 2.24) is 4.90 Å². The van der Waals surface area contributed by atoms with E-state index in [0.29, 0.717) is 12.0 Å². The van der Waals surface area contributed by atoms with E-state index < -0.39 is 11.5 Å². The van der Waals surface area contributed by atoms with Gasteiger partial charge in [-0.05, 0) is 44.6 Å². The molecular weight excluding hydrogens is 214 g/mol. The van der Waals surface area contributed by atoms with Gasteiger partial charge in [0.05, 0.1) is 0 Å². The Labute approximate surface area is 104 Å². The van der Waals surface area contributed by atoms with Gasteiger partial charge in [-0.2, -0.15) is 0 Å². The molecule has 0 aromatic rings.